The quantitative estimate of drug-likeness (QED) is 0.417. The molecule has 0 saturated carbocycles. The van der Waals surface area contributed by atoms with Gasteiger partial charge in [-0.25, -0.2) is 9.78 Å². The molecule has 0 spiro atoms. The fourth-order valence-electron chi connectivity index (χ4n) is 3.09. The number of H-pyrrole nitrogens is 1. The molecule has 8 nitrogen and oxygen atoms in total. The number of urea groups is 1. The lowest BCUT2D eigenvalue weighted by Gasteiger charge is -2.14. The summed E-state index contributed by atoms with van der Waals surface area (Å²) in [6, 6.07) is 10.0. The Labute approximate surface area is 168 Å². The number of imidazole rings is 1. The van der Waals surface area contributed by atoms with Gasteiger partial charge in [-0.3, -0.25) is 14.5 Å². The van der Waals surface area contributed by atoms with Crippen LogP contribution in [-0.2, 0) is 0 Å². The number of anilines is 1. The lowest BCUT2D eigenvalue weighted by molar-refractivity contribution is 0.0653. The molecule has 2 aromatic carbocycles. The molecule has 2 heterocycles. The third-order valence-corrected chi connectivity index (χ3v) is 4.95. The molecule has 0 unspecified atom stereocenters. The van der Waals surface area contributed by atoms with E-state index in [2.05, 4.69) is 36.5 Å². The van der Waals surface area contributed by atoms with Crippen molar-refractivity contribution in [2.45, 2.75) is 6.42 Å². The number of rotatable bonds is 5. The summed E-state index contributed by atoms with van der Waals surface area (Å²) in [5.41, 5.74) is 3.10. The summed E-state index contributed by atoms with van der Waals surface area (Å²) in [5, 5.41) is 5.46. The van der Waals surface area contributed by atoms with E-state index >= 15 is 0 Å². The van der Waals surface area contributed by atoms with Crippen molar-refractivity contribution in [3.8, 4) is 0 Å². The summed E-state index contributed by atoms with van der Waals surface area (Å²) < 4.78 is 0.751. The van der Waals surface area contributed by atoms with Gasteiger partial charge in [-0.2, -0.15) is 0 Å². The number of amides is 4. The molecule has 1 aliphatic heterocycles. The average molecular weight is 442 g/mol. The van der Waals surface area contributed by atoms with Gasteiger partial charge in [0.1, 0.15) is 0 Å². The Bertz CT molecular complexity index is 1090. The van der Waals surface area contributed by atoms with Crippen molar-refractivity contribution in [1.29, 1.82) is 0 Å². The van der Waals surface area contributed by atoms with Gasteiger partial charge in [0, 0.05) is 23.2 Å². The monoisotopic (exact) mass is 441 g/mol. The van der Waals surface area contributed by atoms with Crippen LogP contribution < -0.4 is 10.6 Å². The lowest BCUT2D eigenvalue weighted by Crippen LogP contribution is -2.35. The van der Waals surface area contributed by atoms with E-state index in [1.807, 2.05) is 6.07 Å². The molecule has 0 bridgehead atoms. The van der Waals surface area contributed by atoms with Crippen LogP contribution in [0.4, 0.5) is 10.5 Å². The minimum Gasteiger partial charge on any atom is -0.345 e. The summed E-state index contributed by atoms with van der Waals surface area (Å²) in [6.45, 7) is 0.569. The van der Waals surface area contributed by atoms with Crippen LogP contribution in [0.3, 0.4) is 0 Å². The molecule has 1 aromatic heterocycles. The van der Waals surface area contributed by atoms with Gasteiger partial charge in [0.15, 0.2) is 0 Å². The molecule has 0 radical (unpaired) electrons. The Morgan fingerprint density at radius 2 is 1.93 bits per heavy atom. The van der Waals surface area contributed by atoms with E-state index in [4.69, 9.17) is 0 Å². The number of fused-ring (bicyclic) bond motifs is 2. The molecule has 142 valence electrons. The number of nitrogens with one attached hydrogen (secondary N) is 3. The Morgan fingerprint density at radius 1 is 1.11 bits per heavy atom. The topological polar surface area (TPSA) is 107 Å². The van der Waals surface area contributed by atoms with Crippen molar-refractivity contribution in [3.63, 3.8) is 0 Å². The fraction of sp³-hybridized carbons (Fsp3) is 0.158. The highest BCUT2D eigenvalue weighted by molar-refractivity contribution is 9.10. The smallest absolute Gasteiger partial charge is 0.319 e. The van der Waals surface area contributed by atoms with E-state index in [1.54, 1.807) is 36.7 Å². The largest absolute Gasteiger partial charge is 0.345 e. The van der Waals surface area contributed by atoms with Gasteiger partial charge in [-0.05, 0) is 42.8 Å². The molecule has 0 aliphatic carbocycles. The number of aromatic amines is 1. The van der Waals surface area contributed by atoms with Gasteiger partial charge < -0.3 is 15.6 Å². The zero-order valence-corrected chi connectivity index (χ0v) is 16.2. The van der Waals surface area contributed by atoms with E-state index in [-0.39, 0.29) is 24.4 Å². The molecule has 0 atom stereocenters. The van der Waals surface area contributed by atoms with E-state index in [9.17, 15) is 14.4 Å². The molecule has 28 heavy (non-hydrogen) atoms. The second-order valence-electron chi connectivity index (χ2n) is 6.32. The van der Waals surface area contributed by atoms with Crippen LogP contribution >= 0.6 is 15.9 Å². The molecule has 0 fully saturated rings. The maximum absolute atomic E-state index is 12.4. The zero-order chi connectivity index (χ0) is 19.7. The minimum atomic E-state index is -0.356. The first-order chi connectivity index (χ1) is 13.5. The molecule has 9 heteroatoms. The van der Waals surface area contributed by atoms with Crippen molar-refractivity contribution in [2.75, 3.05) is 18.4 Å². The SMILES string of the molecule is O=C(NCCCN1C(=O)c2ccc(Br)cc2C1=O)Nc1ccc2nc[nH]c2c1. The van der Waals surface area contributed by atoms with Crippen LogP contribution in [0.15, 0.2) is 47.2 Å². The third kappa shape index (κ3) is 3.48. The summed E-state index contributed by atoms with van der Waals surface area (Å²) in [7, 11) is 0. The van der Waals surface area contributed by atoms with Crippen LogP contribution in [-0.4, -0.2) is 45.8 Å². The highest BCUT2D eigenvalue weighted by Gasteiger charge is 2.34. The van der Waals surface area contributed by atoms with E-state index in [0.29, 0.717) is 29.8 Å². The number of halogens is 1. The highest BCUT2D eigenvalue weighted by Crippen LogP contribution is 2.26. The van der Waals surface area contributed by atoms with Gasteiger partial charge in [0.2, 0.25) is 0 Å². The summed E-state index contributed by atoms with van der Waals surface area (Å²) in [4.78, 5) is 45.1. The van der Waals surface area contributed by atoms with Crippen LogP contribution in [0, 0.1) is 0 Å². The molecule has 3 N–H and O–H groups in total. The Hall–Kier alpha value is -3.20. The lowest BCUT2D eigenvalue weighted by atomic mass is 10.1. The average Bonchev–Trinajstić information content (AvgIpc) is 3.22. The molecule has 4 amide bonds. The second-order valence-corrected chi connectivity index (χ2v) is 7.24. The molecule has 4 rings (SSSR count). The predicted octanol–water partition coefficient (Wildman–Crippen LogP) is 3.13. The van der Waals surface area contributed by atoms with Gasteiger partial charge in [-0.15, -0.1) is 0 Å². The molecule has 1 aliphatic rings. The maximum atomic E-state index is 12.4. The van der Waals surface area contributed by atoms with Crippen LogP contribution in [0.2, 0.25) is 0 Å². The first-order valence-corrected chi connectivity index (χ1v) is 9.46. The standard InChI is InChI=1S/C19H16BrN5O3/c20-11-2-4-13-14(8-11)18(27)25(17(13)26)7-1-6-21-19(28)24-12-3-5-15-16(9-12)23-10-22-15/h2-5,8-10H,1,6-7H2,(H,22,23)(H2,21,24,28). The van der Waals surface area contributed by atoms with Gasteiger partial charge in [0.25, 0.3) is 11.8 Å². The summed E-state index contributed by atoms with van der Waals surface area (Å²) in [6.07, 6.45) is 2.05. The Balaban J connectivity index is 1.27. The van der Waals surface area contributed by atoms with Crippen LogP contribution in [0.25, 0.3) is 11.0 Å². The predicted molar refractivity (Wildman–Crippen MR) is 107 cm³/mol. The Morgan fingerprint density at radius 3 is 2.79 bits per heavy atom. The number of aromatic nitrogens is 2. The third-order valence-electron chi connectivity index (χ3n) is 4.45. The van der Waals surface area contributed by atoms with E-state index in [1.165, 1.54) is 4.90 Å². The summed E-state index contributed by atoms with van der Waals surface area (Å²) >= 11 is 3.31. The summed E-state index contributed by atoms with van der Waals surface area (Å²) in [5.74, 6) is -0.608. The normalized spacial score (nSPS) is 13.1. The van der Waals surface area contributed by atoms with Gasteiger partial charge in [-0.1, -0.05) is 15.9 Å². The second kappa shape index (κ2) is 7.43. The number of carbonyl (C=O) groups excluding carboxylic acids is 3. The molecular formula is C19H16BrN5O3. The van der Waals surface area contributed by atoms with Gasteiger partial charge >= 0.3 is 6.03 Å². The van der Waals surface area contributed by atoms with Crippen molar-refractivity contribution < 1.29 is 14.4 Å². The number of hydrogen-bond acceptors (Lipinski definition) is 4. The van der Waals surface area contributed by atoms with Crippen molar-refractivity contribution in [1.82, 2.24) is 20.2 Å². The van der Waals surface area contributed by atoms with Crippen LogP contribution in [0.5, 0.6) is 0 Å². The number of hydrogen-bond donors (Lipinski definition) is 3. The number of nitrogens with zero attached hydrogens (tertiary/aromatic N) is 2. The number of imide groups is 1. The molecule has 3 aromatic rings. The number of carbonyl (C=O) groups is 3. The van der Waals surface area contributed by atoms with Gasteiger partial charge in [0.05, 0.1) is 28.5 Å². The van der Waals surface area contributed by atoms with E-state index < -0.39 is 0 Å². The first-order valence-electron chi connectivity index (χ1n) is 8.66. The van der Waals surface area contributed by atoms with Crippen molar-refractivity contribution >= 4 is 50.5 Å². The zero-order valence-electron chi connectivity index (χ0n) is 14.7. The highest BCUT2D eigenvalue weighted by atomic mass is 79.9. The van der Waals surface area contributed by atoms with Crippen molar-refractivity contribution in [3.05, 3.63) is 58.3 Å². The Kier molecular flexibility index (Phi) is 4.82. The van der Waals surface area contributed by atoms with E-state index in [0.717, 1.165) is 15.5 Å². The fourth-order valence-corrected chi connectivity index (χ4v) is 3.45. The number of benzene rings is 2. The maximum Gasteiger partial charge on any atom is 0.319 e. The minimum absolute atomic E-state index is 0.240. The molecule has 0 saturated heterocycles. The van der Waals surface area contributed by atoms with Crippen LogP contribution in [0.1, 0.15) is 27.1 Å². The first kappa shape index (κ1) is 18.2. The molecular weight excluding hydrogens is 426 g/mol. The van der Waals surface area contributed by atoms with Crippen molar-refractivity contribution in [2.24, 2.45) is 0 Å².